The minimum Gasteiger partial charge on any atom is -0.338 e. The number of piperidine rings is 1. The second-order valence-corrected chi connectivity index (χ2v) is 9.33. The van der Waals surface area contributed by atoms with Crippen molar-refractivity contribution < 1.29 is 13.2 Å². The van der Waals surface area contributed by atoms with Crippen molar-refractivity contribution in [2.75, 3.05) is 19.3 Å². The van der Waals surface area contributed by atoms with Crippen LogP contribution in [0.5, 0.6) is 0 Å². The lowest BCUT2D eigenvalue weighted by Gasteiger charge is -2.37. The molecule has 1 amide bonds. The minimum atomic E-state index is -3.19. The van der Waals surface area contributed by atoms with Crippen molar-refractivity contribution in [1.82, 2.24) is 9.62 Å². The van der Waals surface area contributed by atoms with Crippen LogP contribution >= 0.6 is 0 Å². The van der Waals surface area contributed by atoms with Gasteiger partial charge in [-0.15, -0.1) is 0 Å². The molecule has 3 aliphatic rings. The Morgan fingerprint density at radius 3 is 2.64 bits per heavy atom. The summed E-state index contributed by atoms with van der Waals surface area (Å²) in [5.41, 5.74) is 0. The average molecular weight is 328 g/mol. The number of rotatable bonds is 5. The summed E-state index contributed by atoms with van der Waals surface area (Å²) in [6.45, 7) is 1.15. The first-order chi connectivity index (χ1) is 10.4. The van der Waals surface area contributed by atoms with E-state index in [0.717, 1.165) is 37.6 Å². The van der Waals surface area contributed by atoms with Crippen molar-refractivity contribution in [3.8, 4) is 0 Å². The highest BCUT2D eigenvalue weighted by molar-refractivity contribution is 7.88. The fourth-order valence-corrected chi connectivity index (χ4v) is 5.25. The first kappa shape index (κ1) is 16.2. The summed E-state index contributed by atoms with van der Waals surface area (Å²) in [5.74, 6) is 2.47. The predicted molar refractivity (Wildman–Crippen MR) is 85.8 cm³/mol. The van der Waals surface area contributed by atoms with E-state index >= 15 is 0 Å². The van der Waals surface area contributed by atoms with Gasteiger partial charge in [-0.3, -0.25) is 4.79 Å². The fraction of sp³-hybridized carbons (Fsp3) is 0.938. The van der Waals surface area contributed by atoms with Crippen LogP contribution in [0.25, 0.3) is 0 Å². The van der Waals surface area contributed by atoms with Gasteiger partial charge >= 0.3 is 0 Å². The second kappa shape index (κ2) is 6.48. The molecule has 1 aliphatic heterocycles. The normalized spacial score (nSPS) is 35.0. The van der Waals surface area contributed by atoms with E-state index in [0.29, 0.717) is 18.9 Å². The van der Waals surface area contributed by atoms with Gasteiger partial charge in [-0.2, -0.15) is 0 Å². The number of sulfonamides is 1. The molecule has 0 aromatic rings. The molecule has 22 heavy (non-hydrogen) atoms. The number of amides is 1. The van der Waals surface area contributed by atoms with Gasteiger partial charge in [0.1, 0.15) is 0 Å². The van der Waals surface area contributed by atoms with Gasteiger partial charge in [-0.05, 0) is 56.3 Å². The Hall–Kier alpha value is -0.620. The average Bonchev–Trinajstić information content (AvgIpc) is 3.07. The van der Waals surface area contributed by atoms with Gasteiger partial charge in [0.2, 0.25) is 15.9 Å². The molecular formula is C16H28N2O3S. The van der Waals surface area contributed by atoms with E-state index in [-0.39, 0.29) is 11.9 Å². The zero-order valence-corrected chi connectivity index (χ0v) is 14.3. The van der Waals surface area contributed by atoms with E-state index in [9.17, 15) is 13.2 Å². The zero-order chi connectivity index (χ0) is 15.7. The van der Waals surface area contributed by atoms with Crippen LogP contribution in [0.15, 0.2) is 0 Å². The van der Waals surface area contributed by atoms with E-state index in [1.807, 2.05) is 4.90 Å². The van der Waals surface area contributed by atoms with Gasteiger partial charge in [0.05, 0.1) is 6.26 Å². The smallest absolute Gasteiger partial charge is 0.223 e. The maximum absolute atomic E-state index is 12.7. The molecule has 6 heteroatoms. The van der Waals surface area contributed by atoms with Gasteiger partial charge in [0, 0.05) is 25.6 Å². The lowest BCUT2D eigenvalue weighted by Crippen LogP contribution is -2.49. The van der Waals surface area contributed by atoms with Crippen molar-refractivity contribution >= 4 is 15.9 Å². The number of carbonyl (C=O) groups excluding carboxylic acids is 1. The van der Waals surface area contributed by atoms with Crippen molar-refractivity contribution in [3.05, 3.63) is 0 Å². The summed E-state index contributed by atoms with van der Waals surface area (Å²) in [5, 5.41) is 0. The minimum absolute atomic E-state index is 0.0366. The summed E-state index contributed by atoms with van der Waals surface area (Å²) < 4.78 is 25.2. The van der Waals surface area contributed by atoms with E-state index in [1.165, 1.54) is 31.9 Å². The summed E-state index contributed by atoms with van der Waals surface area (Å²) in [4.78, 5) is 14.7. The molecule has 1 saturated heterocycles. The lowest BCUT2D eigenvalue weighted by molar-refractivity contribution is -0.136. The summed E-state index contributed by atoms with van der Waals surface area (Å²) >= 11 is 0. The van der Waals surface area contributed by atoms with Crippen LogP contribution < -0.4 is 4.72 Å². The van der Waals surface area contributed by atoms with Gasteiger partial charge in [0.25, 0.3) is 0 Å². The largest absolute Gasteiger partial charge is 0.338 e. The number of carbonyl (C=O) groups is 1. The Kier molecular flexibility index (Phi) is 4.78. The topological polar surface area (TPSA) is 66.5 Å². The summed E-state index contributed by atoms with van der Waals surface area (Å²) in [6, 6.07) is 0.0366. The number of nitrogens with one attached hydrogen (secondary N) is 1. The third-order valence-electron chi connectivity index (χ3n) is 5.85. The highest BCUT2D eigenvalue weighted by Crippen LogP contribution is 2.49. The van der Waals surface area contributed by atoms with Crippen molar-refractivity contribution in [3.63, 3.8) is 0 Å². The van der Waals surface area contributed by atoms with Crippen LogP contribution in [-0.4, -0.2) is 44.6 Å². The van der Waals surface area contributed by atoms with E-state index < -0.39 is 10.0 Å². The van der Waals surface area contributed by atoms with Gasteiger partial charge in [-0.1, -0.05) is 6.42 Å². The second-order valence-electron chi connectivity index (χ2n) is 7.50. The van der Waals surface area contributed by atoms with Crippen LogP contribution in [0.2, 0.25) is 0 Å². The molecule has 126 valence electrons. The Morgan fingerprint density at radius 1 is 1.18 bits per heavy atom. The maximum Gasteiger partial charge on any atom is 0.223 e. The number of fused-ring (bicyclic) bond motifs is 2. The highest BCUT2D eigenvalue weighted by atomic mass is 32.2. The molecule has 0 radical (unpaired) electrons. The standard InChI is InChI=1S/C16H28N2O3S/c1-22(20,21)17-11-15-4-2-3-7-18(15)16(19)10-14-9-12-5-6-13(14)8-12/h12-15,17H,2-11H2,1H3/t12-,13-,14+,15-/m0/s1. The molecule has 3 rings (SSSR count). The Bertz CT molecular complexity index is 519. The third kappa shape index (κ3) is 3.82. The Balaban J connectivity index is 1.56. The van der Waals surface area contributed by atoms with Crippen LogP contribution in [0.1, 0.15) is 51.4 Å². The molecule has 0 aromatic carbocycles. The number of likely N-dealkylation sites (tertiary alicyclic amines) is 1. The number of nitrogens with zero attached hydrogens (tertiary/aromatic N) is 1. The van der Waals surface area contributed by atoms with Gasteiger partial charge in [0.15, 0.2) is 0 Å². The van der Waals surface area contributed by atoms with E-state index in [2.05, 4.69) is 4.72 Å². The fourth-order valence-electron chi connectivity index (χ4n) is 4.76. The molecule has 0 aromatic heterocycles. The highest BCUT2D eigenvalue weighted by Gasteiger charge is 2.41. The molecule has 1 heterocycles. The molecule has 0 spiro atoms. The molecule has 0 unspecified atom stereocenters. The molecule has 4 atom stereocenters. The van der Waals surface area contributed by atoms with Crippen molar-refractivity contribution in [2.45, 2.75) is 57.4 Å². The molecular weight excluding hydrogens is 300 g/mol. The molecule has 2 aliphatic carbocycles. The number of hydrogen-bond acceptors (Lipinski definition) is 3. The van der Waals surface area contributed by atoms with Crippen LogP contribution in [0, 0.1) is 17.8 Å². The Labute approximate surface area is 133 Å². The zero-order valence-electron chi connectivity index (χ0n) is 13.5. The van der Waals surface area contributed by atoms with Crippen LogP contribution in [-0.2, 0) is 14.8 Å². The quantitative estimate of drug-likeness (QED) is 0.836. The lowest BCUT2D eigenvalue weighted by atomic mass is 9.85. The molecule has 3 fully saturated rings. The van der Waals surface area contributed by atoms with Crippen LogP contribution in [0.4, 0.5) is 0 Å². The summed E-state index contributed by atoms with van der Waals surface area (Å²) in [7, 11) is -3.19. The summed E-state index contributed by atoms with van der Waals surface area (Å²) in [6.07, 6.45) is 10.1. The van der Waals surface area contributed by atoms with Crippen LogP contribution in [0.3, 0.4) is 0 Å². The SMILES string of the molecule is CS(=O)(=O)NC[C@@H]1CCCCN1C(=O)C[C@H]1C[C@H]2CC[C@H]1C2. The molecule has 5 nitrogen and oxygen atoms in total. The first-order valence-electron chi connectivity index (χ1n) is 8.66. The Morgan fingerprint density at radius 2 is 2.00 bits per heavy atom. The molecule has 1 N–H and O–H groups in total. The monoisotopic (exact) mass is 328 g/mol. The maximum atomic E-state index is 12.7. The van der Waals surface area contributed by atoms with E-state index in [1.54, 1.807) is 0 Å². The first-order valence-corrected chi connectivity index (χ1v) is 10.6. The van der Waals surface area contributed by atoms with E-state index in [4.69, 9.17) is 0 Å². The number of hydrogen-bond donors (Lipinski definition) is 1. The predicted octanol–water partition coefficient (Wildman–Crippen LogP) is 1.74. The van der Waals surface area contributed by atoms with Gasteiger partial charge in [-0.25, -0.2) is 13.1 Å². The molecule has 2 saturated carbocycles. The molecule has 2 bridgehead atoms. The van der Waals surface area contributed by atoms with Crippen molar-refractivity contribution in [2.24, 2.45) is 17.8 Å². The third-order valence-corrected chi connectivity index (χ3v) is 6.54. The van der Waals surface area contributed by atoms with Gasteiger partial charge < -0.3 is 4.90 Å². The van der Waals surface area contributed by atoms with Crippen molar-refractivity contribution in [1.29, 1.82) is 0 Å².